The Morgan fingerprint density at radius 1 is 1.10 bits per heavy atom. The van der Waals surface area contributed by atoms with Gasteiger partial charge in [0.25, 0.3) is 0 Å². The van der Waals surface area contributed by atoms with Gasteiger partial charge in [0.2, 0.25) is 0 Å². The van der Waals surface area contributed by atoms with Crippen LogP contribution in [0.4, 0.5) is 30.2 Å². The van der Waals surface area contributed by atoms with Crippen LogP contribution in [-0.4, -0.2) is 7.11 Å². The Balaban J connectivity index is 2.35. The standard InChI is InChI=1S/C14H12BrF3N2O/c1-21-9-3-5-12(11(19)7-9)20-13-6-8(14(16,17)18)2-4-10(13)15/h2-7,20H,19H2,1H3. The van der Waals surface area contributed by atoms with Gasteiger partial charge in [-0.1, -0.05) is 0 Å². The van der Waals surface area contributed by atoms with Gasteiger partial charge in [-0.2, -0.15) is 13.2 Å². The van der Waals surface area contributed by atoms with Crippen LogP contribution in [0.25, 0.3) is 0 Å². The SMILES string of the molecule is COc1ccc(Nc2cc(C(F)(F)F)ccc2Br)c(N)c1. The van der Waals surface area contributed by atoms with Crippen LogP contribution in [0.2, 0.25) is 0 Å². The number of hydrogen-bond donors (Lipinski definition) is 2. The Labute approximate surface area is 128 Å². The smallest absolute Gasteiger partial charge is 0.416 e. The number of alkyl halides is 3. The first-order chi connectivity index (χ1) is 9.81. The quantitative estimate of drug-likeness (QED) is 0.772. The lowest BCUT2D eigenvalue weighted by Gasteiger charge is -2.14. The summed E-state index contributed by atoms with van der Waals surface area (Å²) >= 11 is 3.21. The summed E-state index contributed by atoms with van der Waals surface area (Å²) < 4.78 is 43.7. The summed E-state index contributed by atoms with van der Waals surface area (Å²) in [6.07, 6.45) is -4.40. The van der Waals surface area contributed by atoms with Gasteiger partial charge in [-0.15, -0.1) is 0 Å². The minimum absolute atomic E-state index is 0.279. The number of nitrogen functional groups attached to an aromatic ring is 1. The highest BCUT2D eigenvalue weighted by atomic mass is 79.9. The molecule has 0 saturated carbocycles. The molecular formula is C14H12BrF3N2O. The van der Waals surface area contributed by atoms with Crippen LogP contribution in [0.5, 0.6) is 5.75 Å². The van der Waals surface area contributed by atoms with Crippen molar-refractivity contribution in [1.29, 1.82) is 0 Å². The van der Waals surface area contributed by atoms with Crippen LogP contribution in [0.3, 0.4) is 0 Å². The van der Waals surface area contributed by atoms with Gasteiger partial charge in [0.15, 0.2) is 0 Å². The van der Waals surface area contributed by atoms with Crippen molar-refractivity contribution in [3.63, 3.8) is 0 Å². The van der Waals surface area contributed by atoms with Crippen LogP contribution in [0.15, 0.2) is 40.9 Å². The summed E-state index contributed by atoms with van der Waals surface area (Å²) in [4.78, 5) is 0. The molecule has 0 aliphatic heterocycles. The maximum absolute atomic E-state index is 12.7. The van der Waals surface area contributed by atoms with Gasteiger partial charge in [-0.25, -0.2) is 0 Å². The highest BCUT2D eigenvalue weighted by molar-refractivity contribution is 9.10. The molecule has 0 aliphatic rings. The molecule has 0 saturated heterocycles. The Hall–Kier alpha value is -1.89. The lowest BCUT2D eigenvalue weighted by Crippen LogP contribution is -2.06. The number of rotatable bonds is 3. The third-order valence-electron chi connectivity index (χ3n) is 2.82. The zero-order valence-corrected chi connectivity index (χ0v) is 12.5. The topological polar surface area (TPSA) is 47.3 Å². The van der Waals surface area contributed by atoms with Gasteiger partial charge < -0.3 is 15.8 Å². The molecule has 0 aromatic heterocycles. The number of benzene rings is 2. The third-order valence-corrected chi connectivity index (χ3v) is 3.51. The minimum atomic E-state index is -4.40. The van der Waals surface area contributed by atoms with Gasteiger partial charge in [-0.05, 0) is 46.3 Å². The number of nitrogens with two attached hydrogens (primary N) is 1. The van der Waals surface area contributed by atoms with E-state index in [0.717, 1.165) is 12.1 Å². The second kappa shape index (κ2) is 5.85. The van der Waals surface area contributed by atoms with Gasteiger partial charge in [0, 0.05) is 10.5 Å². The maximum Gasteiger partial charge on any atom is 0.416 e. The van der Waals surface area contributed by atoms with Crippen LogP contribution < -0.4 is 15.8 Å². The molecule has 0 radical (unpaired) electrons. The van der Waals surface area contributed by atoms with E-state index in [4.69, 9.17) is 10.5 Å². The highest BCUT2D eigenvalue weighted by Crippen LogP contribution is 2.36. The van der Waals surface area contributed by atoms with Crippen molar-refractivity contribution in [3.05, 3.63) is 46.4 Å². The van der Waals surface area contributed by atoms with Crippen molar-refractivity contribution in [3.8, 4) is 5.75 Å². The largest absolute Gasteiger partial charge is 0.497 e. The molecule has 21 heavy (non-hydrogen) atoms. The van der Waals surface area contributed by atoms with Crippen molar-refractivity contribution >= 4 is 33.0 Å². The van der Waals surface area contributed by atoms with Crippen molar-refractivity contribution in [1.82, 2.24) is 0 Å². The fraction of sp³-hybridized carbons (Fsp3) is 0.143. The first kappa shape index (κ1) is 15.5. The van der Waals surface area contributed by atoms with Crippen LogP contribution in [-0.2, 0) is 6.18 Å². The Morgan fingerprint density at radius 2 is 1.81 bits per heavy atom. The number of hydrogen-bond acceptors (Lipinski definition) is 3. The molecule has 0 heterocycles. The minimum Gasteiger partial charge on any atom is -0.497 e. The molecule has 0 aliphatic carbocycles. The second-order valence-electron chi connectivity index (χ2n) is 4.27. The zero-order valence-electron chi connectivity index (χ0n) is 11.0. The third kappa shape index (κ3) is 3.60. The Kier molecular flexibility index (Phi) is 4.32. The highest BCUT2D eigenvalue weighted by Gasteiger charge is 2.30. The van der Waals surface area contributed by atoms with E-state index in [0.29, 0.717) is 21.6 Å². The molecule has 3 nitrogen and oxygen atoms in total. The molecule has 112 valence electrons. The predicted octanol–water partition coefficient (Wildman–Crippen LogP) is 4.80. The molecular weight excluding hydrogens is 349 g/mol. The molecule has 0 amide bonds. The van der Waals surface area contributed by atoms with Gasteiger partial charge >= 0.3 is 6.18 Å². The summed E-state index contributed by atoms with van der Waals surface area (Å²) in [6, 6.07) is 8.26. The van der Waals surface area contributed by atoms with E-state index in [1.807, 2.05) is 0 Å². The Morgan fingerprint density at radius 3 is 2.38 bits per heavy atom. The first-order valence-electron chi connectivity index (χ1n) is 5.88. The zero-order chi connectivity index (χ0) is 15.6. The summed E-state index contributed by atoms with van der Waals surface area (Å²) in [5, 5.41) is 2.88. The molecule has 2 rings (SSSR count). The number of nitrogens with one attached hydrogen (secondary N) is 1. The average Bonchev–Trinajstić information content (AvgIpc) is 2.42. The van der Waals surface area contributed by atoms with Crippen molar-refractivity contribution in [2.45, 2.75) is 6.18 Å². The molecule has 0 atom stereocenters. The molecule has 0 spiro atoms. The van der Waals surface area contributed by atoms with E-state index in [2.05, 4.69) is 21.2 Å². The normalized spacial score (nSPS) is 11.3. The fourth-order valence-corrected chi connectivity index (χ4v) is 2.07. The fourth-order valence-electron chi connectivity index (χ4n) is 1.72. The Bertz CT molecular complexity index is 659. The average molecular weight is 361 g/mol. The summed E-state index contributed by atoms with van der Waals surface area (Å²) in [5.41, 5.74) is 6.25. The molecule has 2 aromatic rings. The molecule has 7 heteroatoms. The number of methoxy groups -OCH3 is 1. The van der Waals surface area contributed by atoms with Gasteiger partial charge in [0.05, 0.1) is 29.7 Å². The monoisotopic (exact) mass is 360 g/mol. The van der Waals surface area contributed by atoms with Crippen LogP contribution in [0, 0.1) is 0 Å². The van der Waals surface area contributed by atoms with Crippen molar-refractivity contribution < 1.29 is 17.9 Å². The van der Waals surface area contributed by atoms with Crippen molar-refractivity contribution in [2.24, 2.45) is 0 Å². The lowest BCUT2D eigenvalue weighted by molar-refractivity contribution is -0.137. The van der Waals surface area contributed by atoms with E-state index >= 15 is 0 Å². The molecule has 0 bridgehead atoms. The van der Waals surface area contributed by atoms with Crippen LogP contribution in [0.1, 0.15) is 5.56 Å². The number of anilines is 3. The number of ether oxygens (including phenoxy) is 1. The molecule has 0 unspecified atom stereocenters. The lowest BCUT2D eigenvalue weighted by atomic mass is 10.2. The summed E-state index contributed by atoms with van der Waals surface area (Å²) in [5.74, 6) is 0.571. The van der Waals surface area contributed by atoms with E-state index in [-0.39, 0.29) is 5.69 Å². The van der Waals surface area contributed by atoms with Crippen molar-refractivity contribution in [2.75, 3.05) is 18.2 Å². The van der Waals surface area contributed by atoms with Gasteiger partial charge in [0.1, 0.15) is 5.75 Å². The molecule has 2 aromatic carbocycles. The summed E-state index contributed by atoms with van der Waals surface area (Å²) in [6.45, 7) is 0. The van der Waals surface area contributed by atoms with Crippen LogP contribution >= 0.6 is 15.9 Å². The molecule has 0 fully saturated rings. The van der Waals surface area contributed by atoms with Gasteiger partial charge in [-0.3, -0.25) is 0 Å². The maximum atomic E-state index is 12.7. The van der Waals surface area contributed by atoms with E-state index in [9.17, 15) is 13.2 Å². The second-order valence-corrected chi connectivity index (χ2v) is 5.12. The first-order valence-corrected chi connectivity index (χ1v) is 6.68. The molecule has 3 N–H and O–H groups in total. The van der Waals surface area contributed by atoms with E-state index < -0.39 is 11.7 Å². The van der Waals surface area contributed by atoms with E-state index in [1.165, 1.54) is 13.2 Å². The number of halogens is 4. The summed E-state index contributed by atoms with van der Waals surface area (Å²) in [7, 11) is 1.51. The van der Waals surface area contributed by atoms with E-state index in [1.54, 1.807) is 18.2 Å². The predicted molar refractivity (Wildman–Crippen MR) is 79.8 cm³/mol.